The normalized spacial score (nSPS) is 18.5. The molecule has 0 aromatic rings. The first-order chi connectivity index (χ1) is 5.13. The van der Waals surface area contributed by atoms with Gasteiger partial charge in [-0.05, 0) is 0 Å². The van der Waals surface area contributed by atoms with Gasteiger partial charge in [-0.25, -0.2) is 0 Å². The second-order valence-corrected chi connectivity index (χ2v) is 3.57. The molecule has 0 bridgehead atoms. The zero-order valence-corrected chi connectivity index (χ0v) is 7.84. The van der Waals surface area contributed by atoms with Crippen LogP contribution in [0.3, 0.4) is 0 Å². The van der Waals surface area contributed by atoms with E-state index in [0.29, 0.717) is 0 Å². The van der Waals surface area contributed by atoms with E-state index < -0.39 is 5.97 Å². The first-order valence-electron chi connectivity index (χ1n) is 3.94. The Kier molecular flexibility index (Phi) is 6.66. The van der Waals surface area contributed by atoms with Crippen LogP contribution in [0.15, 0.2) is 0 Å². The predicted molar refractivity (Wildman–Crippen MR) is 40.1 cm³/mol. The summed E-state index contributed by atoms with van der Waals surface area (Å²) in [6, 6.07) is 0. The Morgan fingerprint density at radius 3 is 1.91 bits per heavy atom. The molecule has 11 heavy (non-hydrogen) atoms. The summed E-state index contributed by atoms with van der Waals surface area (Å²) in [5, 5.41) is 7.42. The molecule has 68 valence electrons. The second-order valence-electron chi connectivity index (χ2n) is 2.72. The fourth-order valence-corrected chi connectivity index (χ4v) is 1.46. The minimum atomic E-state index is -0.833. The van der Waals surface area contributed by atoms with Gasteiger partial charge in [-0.2, -0.15) is 0 Å². The molecule has 1 aliphatic carbocycles. The van der Waals surface area contributed by atoms with Crippen molar-refractivity contribution in [3.05, 3.63) is 0 Å². The van der Waals surface area contributed by atoms with E-state index in [0.717, 1.165) is 11.8 Å². The minimum absolute atomic E-state index is 0.723. The van der Waals surface area contributed by atoms with Crippen molar-refractivity contribution >= 4 is 5.97 Å². The van der Waals surface area contributed by atoms with Crippen LogP contribution in [0.5, 0.6) is 0 Å². The standard InChI is InChI=1S/C6H11.C2H4O2.Co/c1-2-4-6-5-3-1;1-2(3)4;/h1H,2-6H2;1H3,(H,3,4);. The van der Waals surface area contributed by atoms with Gasteiger partial charge in [0.25, 0.3) is 5.97 Å². The molecule has 0 amide bonds. The molecule has 1 N–H and O–H groups in total. The number of hydrogen-bond acceptors (Lipinski definition) is 1. The van der Waals surface area contributed by atoms with Crippen molar-refractivity contribution in [1.82, 2.24) is 0 Å². The molecule has 1 aliphatic rings. The Hall–Kier alpha value is -0.0235. The van der Waals surface area contributed by atoms with E-state index >= 15 is 0 Å². The summed E-state index contributed by atoms with van der Waals surface area (Å²) in [5.74, 6) is -0.833. The molecule has 0 aliphatic heterocycles. The van der Waals surface area contributed by atoms with Crippen LogP contribution in [0.25, 0.3) is 0 Å². The van der Waals surface area contributed by atoms with E-state index in [1.165, 1.54) is 32.1 Å². The van der Waals surface area contributed by atoms with Gasteiger partial charge in [0, 0.05) is 6.92 Å². The summed E-state index contributed by atoms with van der Waals surface area (Å²) < 4.78 is 0. The van der Waals surface area contributed by atoms with Crippen LogP contribution in [0.1, 0.15) is 39.0 Å². The number of rotatable bonds is 0. The first kappa shape index (κ1) is 11.0. The molecular formula is C8H15CoO2. The van der Waals surface area contributed by atoms with Crippen molar-refractivity contribution in [2.75, 3.05) is 0 Å². The molecule has 3 heteroatoms. The van der Waals surface area contributed by atoms with Crippen LogP contribution in [-0.2, 0) is 20.5 Å². The van der Waals surface area contributed by atoms with Gasteiger partial charge in [0.2, 0.25) is 0 Å². The van der Waals surface area contributed by atoms with Gasteiger partial charge in [-0.15, -0.1) is 0 Å². The van der Waals surface area contributed by atoms with E-state index in [1.54, 1.807) is 0 Å². The topological polar surface area (TPSA) is 37.3 Å². The molecule has 1 saturated carbocycles. The van der Waals surface area contributed by atoms with Gasteiger partial charge in [0.05, 0.1) is 0 Å². The van der Waals surface area contributed by atoms with Crippen molar-refractivity contribution in [1.29, 1.82) is 0 Å². The molecule has 2 nitrogen and oxygen atoms in total. The van der Waals surface area contributed by atoms with E-state index in [-0.39, 0.29) is 0 Å². The van der Waals surface area contributed by atoms with E-state index in [1.807, 2.05) is 0 Å². The zero-order valence-electron chi connectivity index (χ0n) is 6.80. The molecule has 0 aromatic carbocycles. The maximum absolute atomic E-state index is 9.00. The van der Waals surface area contributed by atoms with Crippen LogP contribution in [0, 0.1) is 0 Å². The first-order valence-corrected chi connectivity index (χ1v) is 4.54. The third-order valence-electron chi connectivity index (χ3n) is 1.51. The summed E-state index contributed by atoms with van der Waals surface area (Å²) >= 11 is 4.41. The fraction of sp³-hybridized carbons (Fsp3) is 0.875. The maximum atomic E-state index is 9.00. The average Bonchev–Trinajstić information content (AvgIpc) is 1.87. The Morgan fingerprint density at radius 1 is 1.36 bits per heavy atom. The number of carbonyl (C=O) groups is 1. The van der Waals surface area contributed by atoms with Gasteiger partial charge >= 0.3 is 52.7 Å². The third-order valence-corrected chi connectivity index (χ3v) is 2.11. The quantitative estimate of drug-likeness (QED) is 0.654. The second kappa shape index (κ2) is 6.67. The molecule has 0 saturated heterocycles. The summed E-state index contributed by atoms with van der Waals surface area (Å²) in [5.41, 5.74) is 0. The van der Waals surface area contributed by atoms with Gasteiger partial charge in [-0.3, -0.25) is 4.79 Å². The van der Waals surface area contributed by atoms with E-state index in [2.05, 4.69) is 15.7 Å². The van der Waals surface area contributed by atoms with E-state index in [9.17, 15) is 0 Å². The Balaban J connectivity index is 0.000000218. The molecule has 0 unspecified atom stereocenters. The van der Waals surface area contributed by atoms with Crippen LogP contribution in [0.2, 0.25) is 4.85 Å². The summed E-state index contributed by atoms with van der Waals surface area (Å²) in [7, 11) is 0. The van der Waals surface area contributed by atoms with Gasteiger partial charge in [-0.1, -0.05) is 0 Å². The van der Waals surface area contributed by atoms with Crippen molar-refractivity contribution < 1.29 is 25.6 Å². The molecule has 0 spiro atoms. The summed E-state index contributed by atoms with van der Waals surface area (Å²) in [4.78, 5) is 9.72. The number of aliphatic carboxylic acids is 1. The number of hydrogen-bond donors (Lipinski definition) is 1. The Labute approximate surface area is 76.0 Å². The molecule has 0 radical (unpaired) electrons. The summed E-state index contributed by atoms with van der Waals surface area (Å²) in [6.07, 6.45) is 6.95. The Bertz CT molecular complexity index is 105. The number of carboxylic acid groups (broad SMARTS) is 1. The zero-order chi connectivity index (χ0) is 8.69. The molecule has 1 fully saturated rings. The Morgan fingerprint density at radius 2 is 1.73 bits per heavy atom. The van der Waals surface area contributed by atoms with Crippen molar-refractivity contribution in [3.8, 4) is 0 Å². The SMILES string of the molecule is CC(=O)O.[Co][CH]1CCCCC1. The van der Waals surface area contributed by atoms with Crippen LogP contribution in [-0.4, -0.2) is 11.1 Å². The fourth-order valence-electron chi connectivity index (χ4n) is 1.03. The van der Waals surface area contributed by atoms with Crippen LogP contribution < -0.4 is 0 Å². The molecule has 0 aromatic heterocycles. The van der Waals surface area contributed by atoms with Gasteiger partial charge in [0.15, 0.2) is 0 Å². The monoisotopic (exact) mass is 202 g/mol. The van der Waals surface area contributed by atoms with Crippen molar-refractivity contribution in [3.63, 3.8) is 0 Å². The predicted octanol–water partition coefficient (Wildman–Crippen LogP) is 2.38. The number of carboxylic acids is 1. The van der Waals surface area contributed by atoms with Crippen LogP contribution >= 0.6 is 0 Å². The third kappa shape index (κ3) is 9.98. The van der Waals surface area contributed by atoms with Crippen LogP contribution in [0.4, 0.5) is 0 Å². The molecule has 1 rings (SSSR count). The molecule has 0 atom stereocenters. The van der Waals surface area contributed by atoms with Crippen molar-refractivity contribution in [2.45, 2.75) is 43.9 Å². The van der Waals surface area contributed by atoms with Gasteiger partial charge in [0.1, 0.15) is 0 Å². The van der Waals surface area contributed by atoms with Gasteiger partial charge < -0.3 is 5.11 Å². The summed E-state index contributed by atoms with van der Waals surface area (Å²) in [6.45, 7) is 1.08. The van der Waals surface area contributed by atoms with Crippen molar-refractivity contribution in [2.24, 2.45) is 0 Å². The average molecular weight is 202 g/mol. The molecular weight excluding hydrogens is 187 g/mol. The molecule has 0 heterocycles. The van der Waals surface area contributed by atoms with E-state index in [4.69, 9.17) is 9.90 Å².